The molecule has 1 heterocycles. The smallest absolute Gasteiger partial charge is 0.235 e. The van der Waals surface area contributed by atoms with Gasteiger partial charge in [0.05, 0.1) is 18.1 Å². The second-order valence-electron chi connectivity index (χ2n) is 4.81. The van der Waals surface area contributed by atoms with Gasteiger partial charge in [0.1, 0.15) is 0 Å². The third-order valence-corrected chi connectivity index (χ3v) is 2.76. The number of hydrogen-bond acceptors (Lipinski definition) is 4. The van der Waals surface area contributed by atoms with Crippen LogP contribution in [0.15, 0.2) is 0 Å². The van der Waals surface area contributed by atoms with Crippen LogP contribution in [-0.4, -0.2) is 48.2 Å². The van der Waals surface area contributed by atoms with Crippen LogP contribution in [-0.2, 0) is 14.3 Å². The molecule has 1 rings (SSSR count). The van der Waals surface area contributed by atoms with Crippen molar-refractivity contribution in [3.63, 3.8) is 0 Å². The standard InChI is InChI=1S/C11H19NO4/c1-11(2)6-9(14)12(10(11)15)5-4-8(13)7-16-3/h8,13H,4-7H2,1-3H3. The molecule has 0 aromatic rings. The summed E-state index contributed by atoms with van der Waals surface area (Å²) in [6.45, 7) is 4.02. The zero-order valence-electron chi connectivity index (χ0n) is 10.0. The molecule has 16 heavy (non-hydrogen) atoms. The fourth-order valence-electron chi connectivity index (χ4n) is 1.81. The molecule has 0 saturated carbocycles. The van der Waals surface area contributed by atoms with Crippen LogP contribution in [0.3, 0.4) is 0 Å². The Morgan fingerprint density at radius 2 is 2.12 bits per heavy atom. The van der Waals surface area contributed by atoms with Crippen molar-refractivity contribution in [1.29, 1.82) is 0 Å². The van der Waals surface area contributed by atoms with Crippen molar-refractivity contribution in [3.8, 4) is 0 Å². The van der Waals surface area contributed by atoms with Gasteiger partial charge in [0.2, 0.25) is 11.8 Å². The van der Waals surface area contributed by atoms with E-state index in [1.54, 1.807) is 13.8 Å². The molecular formula is C11H19NO4. The molecule has 5 nitrogen and oxygen atoms in total. The summed E-state index contributed by atoms with van der Waals surface area (Å²) in [5.74, 6) is -0.304. The van der Waals surface area contributed by atoms with Crippen molar-refractivity contribution in [3.05, 3.63) is 0 Å². The molecule has 0 aliphatic carbocycles. The Bertz CT molecular complexity index is 288. The molecule has 0 aromatic carbocycles. The average Bonchev–Trinajstić information content (AvgIpc) is 2.35. The predicted octanol–water partition coefficient (Wildman–Crippen LogP) is 0.169. The van der Waals surface area contributed by atoms with Gasteiger partial charge in [-0.2, -0.15) is 0 Å². The van der Waals surface area contributed by atoms with E-state index in [1.165, 1.54) is 12.0 Å². The Hall–Kier alpha value is -0.940. The molecule has 1 aliphatic rings. The second kappa shape index (κ2) is 4.93. The van der Waals surface area contributed by atoms with E-state index < -0.39 is 11.5 Å². The summed E-state index contributed by atoms with van der Waals surface area (Å²) < 4.78 is 4.78. The third-order valence-electron chi connectivity index (χ3n) is 2.76. The molecule has 1 N–H and O–H groups in total. The third kappa shape index (κ3) is 2.80. The first-order valence-electron chi connectivity index (χ1n) is 5.40. The van der Waals surface area contributed by atoms with E-state index in [4.69, 9.17) is 4.74 Å². The minimum atomic E-state index is -0.630. The SMILES string of the molecule is COCC(O)CCN1C(=O)CC(C)(C)C1=O. The van der Waals surface area contributed by atoms with Crippen molar-refractivity contribution in [2.24, 2.45) is 5.41 Å². The van der Waals surface area contributed by atoms with Gasteiger partial charge in [0.25, 0.3) is 0 Å². The van der Waals surface area contributed by atoms with Crippen LogP contribution in [0, 0.1) is 5.41 Å². The highest BCUT2D eigenvalue weighted by atomic mass is 16.5. The lowest BCUT2D eigenvalue weighted by molar-refractivity contribution is -0.141. The summed E-state index contributed by atoms with van der Waals surface area (Å²) in [4.78, 5) is 24.6. The Morgan fingerprint density at radius 1 is 1.50 bits per heavy atom. The maximum atomic E-state index is 11.8. The molecule has 0 bridgehead atoms. The van der Waals surface area contributed by atoms with Crippen molar-refractivity contribution < 1.29 is 19.4 Å². The molecule has 1 aliphatic heterocycles. The number of nitrogens with zero attached hydrogens (tertiary/aromatic N) is 1. The topological polar surface area (TPSA) is 66.8 Å². The van der Waals surface area contributed by atoms with Gasteiger partial charge in [-0.1, -0.05) is 13.8 Å². The second-order valence-corrected chi connectivity index (χ2v) is 4.81. The minimum Gasteiger partial charge on any atom is -0.391 e. The summed E-state index contributed by atoms with van der Waals surface area (Å²) in [7, 11) is 1.50. The van der Waals surface area contributed by atoms with E-state index in [1.807, 2.05) is 0 Å². The summed E-state index contributed by atoms with van der Waals surface area (Å²) in [5.41, 5.74) is -0.594. The lowest BCUT2D eigenvalue weighted by atomic mass is 9.92. The lowest BCUT2D eigenvalue weighted by Gasteiger charge is -2.19. The lowest BCUT2D eigenvalue weighted by Crippen LogP contribution is -2.35. The van der Waals surface area contributed by atoms with E-state index in [0.29, 0.717) is 6.42 Å². The number of carbonyl (C=O) groups excluding carboxylic acids is 2. The van der Waals surface area contributed by atoms with E-state index >= 15 is 0 Å². The fourth-order valence-corrected chi connectivity index (χ4v) is 1.81. The molecule has 1 atom stereocenters. The van der Waals surface area contributed by atoms with Crippen LogP contribution in [0.25, 0.3) is 0 Å². The zero-order valence-corrected chi connectivity index (χ0v) is 10.0. The quantitative estimate of drug-likeness (QED) is 0.682. The maximum absolute atomic E-state index is 11.8. The van der Waals surface area contributed by atoms with Crippen LogP contribution in [0.4, 0.5) is 0 Å². The normalized spacial score (nSPS) is 21.6. The van der Waals surface area contributed by atoms with Crippen molar-refractivity contribution in [2.45, 2.75) is 32.8 Å². The zero-order chi connectivity index (χ0) is 12.3. The number of aliphatic hydroxyl groups is 1. The summed E-state index contributed by atoms with van der Waals surface area (Å²) in [5, 5.41) is 9.44. The number of hydrogen-bond donors (Lipinski definition) is 1. The van der Waals surface area contributed by atoms with E-state index in [0.717, 1.165) is 0 Å². The van der Waals surface area contributed by atoms with Gasteiger partial charge < -0.3 is 9.84 Å². The van der Waals surface area contributed by atoms with Crippen molar-refractivity contribution in [1.82, 2.24) is 4.90 Å². The van der Waals surface area contributed by atoms with E-state index in [2.05, 4.69) is 0 Å². The maximum Gasteiger partial charge on any atom is 0.235 e. The molecule has 0 aromatic heterocycles. The molecule has 2 amide bonds. The van der Waals surface area contributed by atoms with Gasteiger partial charge in [0, 0.05) is 20.1 Å². The summed E-state index contributed by atoms with van der Waals surface area (Å²) in [6, 6.07) is 0. The Labute approximate surface area is 95.4 Å². The predicted molar refractivity (Wildman–Crippen MR) is 57.6 cm³/mol. The van der Waals surface area contributed by atoms with Gasteiger partial charge in [0.15, 0.2) is 0 Å². The summed E-state index contributed by atoms with van der Waals surface area (Å²) >= 11 is 0. The number of methoxy groups -OCH3 is 1. The molecule has 92 valence electrons. The summed E-state index contributed by atoms with van der Waals surface area (Å²) in [6.07, 6.45) is -0.0116. The van der Waals surface area contributed by atoms with Gasteiger partial charge in [-0.3, -0.25) is 14.5 Å². The average molecular weight is 229 g/mol. The number of imide groups is 1. The first-order valence-corrected chi connectivity index (χ1v) is 5.40. The van der Waals surface area contributed by atoms with Crippen molar-refractivity contribution >= 4 is 11.8 Å². The van der Waals surface area contributed by atoms with Crippen molar-refractivity contribution in [2.75, 3.05) is 20.3 Å². The van der Waals surface area contributed by atoms with Crippen LogP contribution in [0.5, 0.6) is 0 Å². The number of ether oxygens (including phenoxy) is 1. The first-order chi connectivity index (χ1) is 7.38. The monoisotopic (exact) mass is 229 g/mol. The first kappa shape index (κ1) is 13.1. The highest BCUT2D eigenvalue weighted by Gasteiger charge is 2.44. The number of likely N-dealkylation sites (tertiary alicyclic amines) is 1. The highest BCUT2D eigenvalue weighted by molar-refractivity contribution is 6.05. The highest BCUT2D eigenvalue weighted by Crippen LogP contribution is 2.31. The Balaban J connectivity index is 2.49. The number of aliphatic hydroxyl groups excluding tert-OH is 1. The molecule has 1 fully saturated rings. The fraction of sp³-hybridized carbons (Fsp3) is 0.818. The number of amides is 2. The molecule has 0 radical (unpaired) electrons. The van der Waals surface area contributed by atoms with Crippen LogP contribution >= 0.6 is 0 Å². The molecule has 0 spiro atoms. The van der Waals surface area contributed by atoms with Crippen LogP contribution < -0.4 is 0 Å². The number of carbonyl (C=O) groups is 2. The van der Waals surface area contributed by atoms with Gasteiger partial charge in [-0.05, 0) is 6.42 Å². The van der Waals surface area contributed by atoms with Crippen LogP contribution in [0.1, 0.15) is 26.7 Å². The van der Waals surface area contributed by atoms with Gasteiger partial charge in [-0.25, -0.2) is 0 Å². The van der Waals surface area contributed by atoms with Gasteiger partial charge in [-0.15, -0.1) is 0 Å². The molecule has 1 saturated heterocycles. The molecule has 1 unspecified atom stereocenters. The van der Waals surface area contributed by atoms with E-state index in [9.17, 15) is 14.7 Å². The molecular weight excluding hydrogens is 210 g/mol. The number of rotatable bonds is 5. The Morgan fingerprint density at radius 3 is 2.56 bits per heavy atom. The van der Waals surface area contributed by atoms with E-state index in [-0.39, 0.29) is 31.4 Å². The minimum absolute atomic E-state index is 0.151. The van der Waals surface area contributed by atoms with Gasteiger partial charge >= 0.3 is 0 Å². The molecule has 5 heteroatoms. The van der Waals surface area contributed by atoms with Crippen LogP contribution in [0.2, 0.25) is 0 Å². The Kier molecular flexibility index (Phi) is 4.04. The largest absolute Gasteiger partial charge is 0.391 e.